The van der Waals surface area contributed by atoms with Gasteiger partial charge in [-0.25, -0.2) is 0 Å². The molecule has 1 rings (SSSR count). The van der Waals surface area contributed by atoms with Crippen molar-refractivity contribution in [2.24, 2.45) is 0 Å². The lowest BCUT2D eigenvalue weighted by Gasteiger charge is -2.08. The predicted octanol–water partition coefficient (Wildman–Crippen LogP) is 5.41. The average molecular weight is 298 g/mol. The topological polar surface area (TPSA) is 15.8 Å². The van der Waals surface area contributed by atoms with E-state index in [0.29, 0.717) is 6.10 Å². The molecule has 0 spiro atoms. The van der Waals surface area contributed by atoms with Crippen molar-refractivity contribution in [1.29, 1.82) is 0 Å². The molecule has 1 aliphatic rings. The van der Waals surface area contributed by atoms with E-state index >= 15 is 0 Å². The summed E-state index contributed by atoms with van der Waals surface area (Å²) in [7, 11) is 4.34. The minimum atomic E-state index is 0.646. The van der Waals surface area contributed by atoms with Crippen molar-refractivity contribution < 1.29 is 4.74 Å². The van der Waals surface area contributed by atoms with Crippen LogP contribution >= 0.6 is 0 Å². The number of ether oxygens (including phenoxy) is 1. The van der Waals surface area contributed by atoms with Gasteiger partial charge in [0.1, 0.15) is 0 Å². The summed E-state index contributed by atoms with van der Waals surface area (Å²) in [4.78, 5) is 2.29. The molecule has 0 aliphatic carbocycles. The first-order chi connectivity index (χ1) is 10.3. The Bertz CT molecular complexity index is 200. The summed E-state index contributed by atoms with van der Waals surface area (Å²) in [6, 6.07) is 0. The number of epoxide rings is 1. The van der Waals surface area contributed by atoms with E-state index in [1.807, 2.05) is 0 Å². The number of nitrogens with zero attached hydrogens (tertiary/aromatic N) is 1. The van der Waals surface area contributed by atoms with Crippen LogP contribution in [0.3, 0.4) is 0 Å². The molecule has 0 saturated carbocycles. The molecule has 1 unspecified atom stereocenters. The van der Waals surface area contributed by atoms with Gasteiger partial charge in [0, 0.05) is 0 Å². The summed E-state index contributed by atoms with van der Waals surface area (Å²) in [5.41, 5.74) is 0. The summed E-state index contributed by atoms with van der Waals surface area (Å²) >= 11 is 0. The number of hydrogen-bond donors (Lipinski definition) is 0. The summed E-state index contributed by atoms with van der Waals surface area (Å²) in [6.45, 7) is 2.29. The highest BCUT2D eigenvalue weighted by molar-refractivity contribution is 4.68. The molecule has 0 bridgehead atoms. The van der Waals surface area contributed by atoms with Crippen LogP contribution in [0.4, 0.5) is 0 Å². The first-order valence-corrected chi connectivity index (χ1v) is 9.55. The van der Waals surface area contributed by atoms with Gasteiger partial charge in [0.15, 0.2) is 0 Å². The average Bonchev–Trinajstić information content (AvgIpc) is 3.27. The van der Waals surface area contributed by atoms with Crippen LogP contribution in [0.5, 0.6) is 0 Å². The molecule has 1 atom stereocenters. The molecule has 1 heterocycles. The lowest BCUT2D eigenvalue weighted by molar-refractivity contribution is 0.387. The second kappa shape index (κ2) is 13.6. The maximum Gasteiger partial charge on any atom is 0.0810 e. The highest BCUT2D eigenvalue weighted by Crippen LogP contribution is 2.18. The highest BCUT2D eigenvalue weighted by atomic mass is 16.6. The van der Waals surface area contributed by atoms with E-state index in [1.54, 1.807) is 0 Å². The zero-order valence-corrected chi connectivity index (χ0v) is 14.7. The van der Waals surface area contributed by atoms with Gasteiger partial charge >= 0.3 is 0 Å². The van der Waals surface area contributed by atoms with Crippen LogP contribution in [0.25, 0.3) is 0 Å². The van der Waals surface area contributed by atoms with Gasteiger partial charge in [-0.2, -0.15) is 0 Å². The second-order valence-electron chi connectivity index (χ2n) is 7.14. The molecule has 0 aromatic heterocycles. The zero-order valence-electron chi connectivity index (χ0n) is 14.7. The van der Waals surface area contributed by atoms with E-state index < -0.39 is 0 Å². The van der Waals surface area contributed by atoms with Gasteiger partial charge in [-0.15, -0.1) is 0 Å². The van der Waals surface area contributed by atoms with Gasteiger partial charge < -0.3 is 9.64 Å². The van der Waals surface area contributed by atoms with Crippen LogP contribution < -0.4 is 0 Å². The Labute approximate surface area is 133 Å². The molecule has 21 heavy (non-hydrogen) atoms. The van der Waals surface area contributed by atoms with Gasteiger partial charge in [-0.3, -0.25) is 0 Å². The molecule has 0 amide bonds. The number of hydrogen-bond acceptors (Lipinski definition) is 2. The van der Waals surface area contributed by atoms with Crippen molar-refractivity contribution in [3.8, 4) is 0 Å². The number of unbranched alkanes of at least 4 members (excludes halogenated alkanes) is 12. The van der Waals surface area contributed by atoms with Crippen LogP contribution in [0, 0.1) is 0 Å². The Morgan fingerprint density at radius 3 is 1.43 bits per heavy atom. The first kappa shape index (κ1) is 19.0. The van der Waals surface area contributed by atoms with Crippen molar-refractivity contribution in [1.82, 2.24) is 4.90 Å². The fourth-order valence-electron chi connectivity index (χ4n) is 2.98. The predicted molar refractivity (Wildman–Crippen MR) is 92.9 cm³/mol. The van der Waals surface area contributed by atoms with E-state index in [1.165, 1.54) is 96.4 Å². The summed E-state index contributed by atoms with van der Waals surface area (Å²) in [5, 5.41) is 0. The Kier molecular flexibility index (Phi) is 12.3. The van der Waals surface area contributed by atoms with Crippen molar-refractivity contribution in [2.45, 2.75) is 96.0 Å². The third-order valence-corrected chi connectivity index (χ3v) is 4.53. The van der Waals surface area contributed by atoms with Crippen molar-refractivity contribution in [2.75, 3.05) is 27.2 Å². The van der Waals surface area contributed by atoms with Crippen molar-refractivity contribution >= 4 is 0 Å². The number of rotatable bonds is 16. The fourth-order valence-corrected chi connectivity index (χ4v) is 2.98. The summed E-state index contributed by atoms with van der Waals surface area (Å²) in [5.74, 6) is 0. The van der Waals surface area contributed by atoms with Crippen LogP contribution in [0.1, 0.15) is 89.9 Å². The fraction of sp³-hybridized carbons (Fsp3) is 1.00. The van der Waals surface area contributed by atoms with Crippen LogP contribution in [-0.4, -0.2) is 38.3 Å². The molecule has 126 valence electrons. The molecule has 0 aromatic carbocycles. The summed E-state index contributed by atoms with van der Waals surface area (Å²) in [6.07, 6.45) is 20.7. The molecule has 1 fully saturated rings. The Hall–Kier alpha value is -0.0800. The second-order valence-corrected chi connectivity index (χ2v) is 7.14. The third kappa shape index (κ3) is 14.6. The normalized spacial score (nSPS) is 17.6. The minimum Gasteiger partial charge on any atom is -0.373 e. The van der Waals surface area contributed by atoms with Crippen LogP contribution in [0.2, 0.25) is 0 Å². The lowest BCUT2D eigenvalue weighted by atomic mass is 10.0. The standard InChI is InChI=1S/C19H39NO/c1-20(2)17-15-13-11-9-7-5-3-4-6-8-10-12-14-16-19-18-21-19/h19H,3-18H2,1-2H3. The van der Waals surface area contributed by atoms with Crippen LogP contribution in [-0.2, 0) is 4.74 Å². The quantitative estimate of drug-likeness (QED) is 0.280. The molecular formula is C19H39NO. The molecule has 2 heteroatoms. The molecule has 0 N–H and O–H groups in total. The lowest BCUT2D eigenvalue weighted by Crippen LogP contribution is -2.12. The molecular weight excluding hydrogens is 258 g/mol. The zero-order chi connectivity index (χ0) is 15.2. The Morgan fingerprint density at radius 1 is 0.667 bits per heavy atom. The van der Waals surface area contributed by atoms with Gasteiger partial charge in [0.2, 0.25) is 0 Å². The van der Waals surface area contributed by atoms with E-state index in [2.05, 4.69) is 19.0 Å². The van der Waals surface area contributed by atoms with E-state index in [0.717, 1.165) is 6.61 Å². The molecule has 1 saturated heterocycles. The minimum absolute atomic E-state index is 0.646. The van der Waals surface area contributed by atoms with Gasteiger partial charge in [0.05, 0.1) is 12.7 Å². The molecule has 0 radical (unpaired) electrons. The van der Waals surface area contributed by atoms with Gasteiger partial charge in [0.25, 0.3) is 0 Å². The molecule has 2 nitrogen and oxygen atoms in total. The SMILES string of the molecule is CN(C)CCCCCCCCCCCCCCCC1CO1. The van der Waals surface area contributed by atoms with Crippen LogP contribution in [0.15, 0.2) is 0 Å². The third-order valence-electron chi connectivity index (χ3n) is 4.53. The monoisotopic (exact) mass is 297 g/mol. The first-order valence-electron chi connectivity index (χ1n) is 9.55. The maximum atomic E-state index is 5.23. The van der Waals surface area contributed by atoms with E-state index in [9.17, 15) is 0 Å². The smallest absolute Gasteiger partial charge is 0.0810 e. The maximum absolute atomic E-state index is 5.23. The van der Waals surface area contributed by atoms with Gasteiger partial charge in [-0.1, -0.05) is 77.0 Å². The van der Waals surface area contributed by atoms with Crippen molar-refractivity contribution in [3.63, 3.8) is 0 Å². The van der Waals surface area contributed by atoms with Gasteiger partial charge in [-0.05, 0) is 33.5 Å². The van der Waals surface area contributed by atoms with Crippen molar-refractivity contribution in [3.05, 3.63) is 0 Å². The summed E-state index contributed by atoms with van der Waals surface area (Å²) < 4.78 is 5.23. The molecule has 1 aliphatic heterocycles. The highest BCUT2D eigenvalue weighted by Gasteiger charge is 2.20. The Morgan fingerprint density at radius 2 is 1.05 bits per heavy atom. The van der Waals surface area contributed by atoms with E-state index in [4.69, 9.17) is 4.74 Å². The van der Waals surface area contributed by atoms with E-state index in [-0.39, 0.29) is 0 Å². The largest absolute Gasteiger partial charge is 0.373 e. The molecule has 0 aromatic rings. The Balaban J connectivity index is 1.61.